The molecule has 2 saturated heterocycles. The summed E-state index contributed by atoms with van der Waals surface area (Å²) in [6.07, 6.45) is 2.70. The minimum absolute atomic E-state index is 0.0390. The summed E-state index contributed by atoms with van der Waals surface area (Å²) in [6.45, 7) is 3.74. The number of carbonyl (C=O) groups is 2. The molecule has 0 bridgehead atoms. The monoisotopic (exact) mass is 380 g/mol. The summed E-state index contributed by atoms with van der Waals surface area (Å²) >= 11 is 6.24. The van der Waals surface area contributed by atoms with E-state index in [1.165, 1.54) is 0 Å². The van der Waals surface area contributed by atoms with E-state index >= 15 is 0 Å². The second kappa shape index (κ2) is 8.70. The first-order chi connectivity index (χ1) is 12.6. The Bertz CT molecular complexity index is 662. The van der Waals surface area contributed by atoms with Gasteiger partial charge in [0.2, 0.25) is 0 Å². The Morgan fingerprint density at radius 3 is 2.73 bits per heavy atom. The lowest BCUT2D eigenvalue weighted by Crippen LogP contribution is -2.41. The number of anilines is 1. The van der Waals surface area contributed by atoms with Gasteiger partial charge in [-0.05, 0) is 44.0 Å². The standard InChI is InChI=1S/C18H25ClN4O3/c19-15-3-2-13(12-16(15)23-10-7-21-18(23)25)17(24)22-8-4-14(5-9-22)26-11-1-6-20/h2-3,12,14H,1,4-11,20H2,(H,21,25). The van der Waals surface area contributed by atoms with Crippen molar-refractivity contribution in [1.29, 1.82) is 0 Å². The number of amides is 3. The van der Waals surface area contributed by atoms with Crippen molar-refractivity contribution in [2.75, 3.05) is 44.2 Å². The van der Waals surface area contributed by atoms with E-state index in [1.54, 1.807) is 23.1 Å². The molecule has 0 atom stereocenters. The molecule has 3 N–H and O–H groups in total. The summed E-state index contributed by atoms with van der Waals surface area (Å²) < 4.78 is 5.78. The number of ether oxygens (including phenoxy) is 1. The van der Waals surface area contributed by atoms with E-state index in [-0.39, 0.29) is 18.0 Å². The Hall–Kier alpha value is -1.83. The van der Waals surface area contributed by atoms with Gasteiger partial charge in [-0.1, -0.05) is 11.6 Å². The molecule has 0 aliphatic carbocycles. The molecular formula is C18H25ClN4O3. The first kappa shape index (κ1) is 18.9. The molecule has 3 rings (SSSR count). The quantitative estimate of drug-likeness (QED) is 0.737. The Labute approximate surface area is 158 Å². The Morgan fingerprint density at radius 1 is 1.31 bits per heavy atom. The number of rotatable bonds is 6. The summed E-state index contributed by atoms with van der Waals surface area (Å²) in [7, 11) is 0. The van der Waals surface area contributed by atoms with E-state index in [0.29, 0.717) is 55.6 Å². The van der Waals surface area contributed by atoms with E-state index in [1.807, 2.05) is 4.90 Å². The van der Waals surface area contributed by atoms with Crippen molar-refractivity contribution in [3.8, 4) is 0 Å². The summed E-state index contributed by atoms with van der Waals surface area (Å²) in [4.78, 5) is 28.1. The summed E-state index contributed by atoms with van der Waals surface area (Å²) in [6, 6.07) is 4.91. The van der Waals surface area contributed by atoms with Gasteiger partial charge >= 0.3 is 6.03 Å². The highest BCUT2D eigenvalue weighted by Crippen LogP contribution is 2.29. The molecule has 7 nitrogen and oxygen atoms in total. The van der Waals surface area contributed by atoms with Gasteiger partial charge in [-0.2, -0.15) is 0 Å². The number of nitrogens with zero attached hydrogens (tertiary/aromatic N) is 2. The molecule has 26 heavy (non-hydrogen) atoms. The molecule has 2 aliphatic heterocycles. The van der Waals surface area contributed by atoms with E-state index in [4.69, 9.17) is 22.1 Å². The van der Waals surface area contributed by atoms with Crippen molar-refractivity contribution >= 4 is 29.2 Å². The predicted molar refractivity (Wildman–Crippen MR) is 101 cm³/mol. The summed E-state index contributed by atoms with van der Waals surface area (Å²) in [5.41, 5.74) is 6.60. The minimum atomic E-state index is -0.188. The van der Waals surface area contributed by atoms with Crippen molar-refractivity contribution in [1.82, 2.24) is 10.2 Å². The lowest BCUT2D eigenvalue weighted by Gasteiger charge is -2.32. The average molecular weight is 381 g/mol. The second-order valence-corrected chi connectivity index (χ2v) is 6.96. The van der Waals surface area contributed by atoms with Crippen LogP contribution >= 0.6 is 11.6 Å². The van der Waals surface area contributed by atoms with Crippen LogP contribution in [0.3, 0.4) is 0 Å². The summed E-state index contributed by atoms with van der Waals surface area (Å²) in [5.74, 6) is -0.0390. The number of hydrogen-bond acceptors (Lipinski definition) is 4. The van der Waals surface area contributed by atoms with Crippen LogP contribution < -0.4 is 16.0 Å². The fourth-order valence-corrected chi connectivity index (χ4v) is 3.52. The van der Waals surface area contributed by atoms with Crippen molar-refractivity contribution < 1.29 is 14.3 Å². The fraction of sp³-hybridized carbons (Fsp3) is 0.556. The average Bonchev–Trinajstić information content (AvgIpc) is 3.08. The lowest BCUT2D eigenvalue weighted by atomic mass is 10.1. The first-order valence-corrected chi connectivity index (χ1v) is 9.44. The van der Waals surface area contributed by atoms with Crippen LogP contribution in [0.25, 0.3) is 0 Å². The van der Waals surface area contributed by atoms with Crippen LogP contribution in [-0.4, -0.2) is 62.3 Å². The predicted octanol–water partition coefficient (Wildman–Crippen LogP) is 1.84. The normalized spacial score (nSPS) is 18.3. The van der Waals surface area contributed by atoms with E-state index in [0.717, 1.165) is 19.3 Å². The van der Waals surface area contributed by atoms with Gasteiger partial charge in [0.25, 0.3) is 5.91 Å². The third-order valence-electron chi connectivity index (χ3n) is 4.77. The number of likely N-dealkylation sites (tertiary alicyclic amines) is 1. The number of nitrogens with two attached hydrogens (primary N) is 1. The van der Waals surface area contributed by atoms with Crippen LogP contribution in [0.2, 0.25) is 5.02 Å². The van der Waals surface area contributed by atoms with Crippen molar-refractivity contribution in [3.05, 3.63) is 28.8 Å². The highest BCUT2D eigenvalue weighted by Gasteiger charge is 2.27. The van der Waals surface area contributed by atoms with Crippen LogP contribution in [0.1, 0.15) is 29.6 Å². The van der Waals surface area contributed by atoms with Crippen LogP contribution in [0.5, 0.6) is 0 Å². The van der Waals surface area contributed by atoms with Gasteiger partial charge in [-0.3, -0.25) is 9.69 Å². The van der Waals surface area contributed by atoms with Gasteiger partial charge in [-0.15, -0.1) is 0 Å². The number of halogens is 1. The Kier molecular flexibility index (Phi) is 6.34. The molecule has 0 saturated carbocycles. The number of nitrogens with one attached hydrogen (secondary N) is 1. The molecule has 0 aromatic heterocycles. The van der Waals surface area contributed by atoms with Gasteiger partial charge < -0.3 is 20.7 Å². The molecule has 142 valence electrons. The molecule has 3 amide bonds. The van der Waals surface area contributed by atoms with Crippen LogP contribution in [0.4, 0.5) is 10.5 Å². The zero-order chi connectivity index (χ0) is 18.5. The molecule has 8 heteroatoms. The number of hydrogen-bond donors (Lipinski definition) is 2. The molecule has 2 heterocycles. The Balaban J connectivity index is 1.63. The number of piperidine rings is 1. The maximum atomic E-state index is 12.8. The van der Waals surface area contributed by atoms with E-state index in [9.17, 15) is 9.59 Å². The molecule has 0 radical (unpaired) electrons. The molecular weight excluding hydrogens is 356 g/mol. The van der Waals surface area contributed by atoms with Crippen molar-refractivity contribution in [2.45, 2.75) is 25.4 Å². The summed E-state index contributed by atoms with van der Waals surface area (Å²) in [5, 5.41) is 3.21. The highest BCUT2D eigenvalue weighted by molar-refractivity contribution is 6.34. The minimum Gasteiger partial charge on any atom is -0.378 e. The maximum absolute atomic E-state index is 12.8. The number of carbonyl (C=O) groups excluding carboxylic acids is 2. The molecule has 2 aliphatic rings. The van der Waals surface area contributed by atoms with Gasteiger partial charge in [0.15, 0.2) is 0 Å². The molecule has 0 spiro atoms. The van der Waals surface area contributed by atoms with Gasteiger partial charge in [0, 0.05) is 38.3 Å². The topological polar surface area (TPSA) is 87.9 Å². The van der Waals surface area contributed by atoms with E-state index in [2.05, 4.69) is 5.32 Å². The van der Waals surface area contributed by atoms with Crippen LogP contribution in [0.15, 0.2) is 18.2 Å². The lowest BCUT2D eigenvalue weighted by molar-refractivity contribution is 0.00844. The molecule has 2 fully saturated rings. The van der Waals surface area contributed by atoms with Gasteiger partial charge in [0.05, 0.1) is 16.8 Å². The Morgan fingerprint density at radius 2 is 2.08 bits per heavy atom. The van der Waals surface area contributed by atoms with Crippen LogP contribution in [0, 0.1) is 0 Å². The van der Waals surface area contributed by atoms with E-state index < -0.39 is 0 Å². The van der Waals surface area contributed by atoms with Crippen LogP contribution in [-0.2, 0) is 4.74 Å². The number of benzene rings is 1. The first-order valence-electron chi connectivity index (χ1n) is 9.06. The van der Waals surface area contributed by atoms with Gasteiger partial charge in [0.1, 0.15) is 0 Å². The second-order valence-electron chi connectivity index (χ2n) is 6.55. The van der Waals surface area contributed by atoms with Crippen molar-refractivity contribution in [2.24, 2.45) is 5.73 Å². The largest absolute Gasteiger partial charge is 0.378 e. The zero-order valence-electron chi connectivity index (χ0n) is 14.7. The SMILES string of the molecule is NCCCOC1CCN(C(=O)c2ccc(Cl)c(N3CCNC3=O)c2)CC1. The molecule has 1 aromatic carbocycles. The fourth-order valence-electron chi connectivity index (χ4n) is 3.30. The zero-order valence-corrected chi connectivity index (χ0v) is 15.5. The smallest absolute Gasteiger partial charge is 0.322 e. The van der Waals surface area contributed by atoms with Crippen molar-refractivity contribution in [3.63, 3.8) is 0 Å². The molecule has 0 unspecified atom stereocenters. The highest BCUT2D eigenvalue weighted by atomic mass is 35.5. The third kappa shape index (κ3) is 4.28. The third-order valence-corrected chi connectivity index (χ3v) is 5.09. The molecule has 1 aromatic rings. The van der Waals surface area contributed by atoms with Gasteiger partial charge in [-0.25, -0.2) is 4.79 Å². The maximum Gasteiger partial charge on any atom is 0.322 e. The number of urea groups is 1.